The number of anilines is 1. The second-order valence-electron chi connectivity index (χ2n) is 4.14. The molecule has 3 N–H and O–H groups in total. The molecule has 0 aliphatic carbocycles. The molecule has 1 aliphatic heterocycles. The summed E-state index contributed by atoms with van der Waals surface area (Å²) in [5.74, 6) is 0.00599. The topological polar surface area (TPSA) is 62.3 Å². The number of halogens is 1. The quantitative estimate of drug-likeness (QED) is 0.638. The smallest absolute Gasteiger partial charge is 0.126 e. The lowest BCUT2D eigenvalue weighted by atomic mass is 10.1. The molecule has 1 unspecified atom stereocenters. The Hall–Kier alpha value is -1.26. The van der Waals surface area contributed by atoms with E-state index in [0.717, 1.165) is 25.2 Å². The average Bonchev–Trinajstić information content (AvgIpc) is 2.76. The van der Waals surface area contributed by atoms with E-state index >= 15 is 0 Å². The second kappa shape index (κ2) is 4.94. The second-order valence-corrected chi connectivity index (χ2v) is 4.55. The molecule has 0 radical (unpaired) electrons. The van der Waals surface area contributed by atoms with E-state index in [1.807, 2.05) is 12.1 Å². The van der Waals surface area contributed by atoms with Gasteiger partial charge in [0.2, 0.25) is 0 Å². The van der Waals surface area contributed by atoms with Crippen LogP contribution in [0.25, 0.3) is 0 Å². The minimum atomic E-state index is 0.00599. The van der Waals surface area contributed by atoms with Gasteiger partial charge in [0, 0.05) is 25.9 Å². The Morgan fingerprint density at radius 2 is 2.35 bits per heavy atom. The van der Waals surface area contributed by atoms with Crippen molar-refractivity contribution in [3.05, 3.63) is 28.8 Å². The number of methoxy groups -OCH3 is 1. The number of ether oxygens (including phenoxy) is 1. The highest BCUT2D eigenvalue weighted by Gasteiger charge is 2.25. The Kier molecular flexibility index (Phi) is 3.54. The molecule has 1 aliphatic rings. The molecule has 0 saturated carbocycles. The highest BCUT2D eigenvalue weighted by molar-refractivity contribution is 6.34. The third-order valence-electron chi connectivity index (χ3n) is 3.08. The lowest BCUT2D eigenvalue weighted by Gasteiger charge is -2.22. The van der Waals surface area contributed by atoms with Gasteiger partial charge in [-0.05, 0) is 18.6 Å². The van der Waals surface area contributed by atoms with E-state index in [9.17, 15) is 0 Å². The molecule has 1 fully saturated rings. The molecule has 92 valence electrons. The Morgan fingerprint density at radius 1 is 1.59 bits per heavy atom. The molecule has 1 aromatic carbocycles. The van der Waals surface area contributed by atoms with Crippen LogP contribution in [0.2, 0.25) is 5.02 Å². The van der Waals surface area contributed by atoms with Crippen LogP contribution in [0.15, 0.2) is 18.2 Å². The fourth-order valence-corrected chi connectivity index (χ4v) is 2.45. The molecule has 0 amide bonds. The van der Waals surface area contributed by atoms with Crippen LogP contribution >= 0.6 is 11.6 Å². The van der Waals surface area contributed by atoms with Crippen molar-refractivity contribution in [1.29, 1.82) is 5.41 Å². The molecule has 5 heteroatoms. The third-order valence-corrected chi connectivity index (χ3v) is 3.39. The van der Waals surface area contributed by atoms with Gasteiger partial charge in [-0.1, -0.05) is 17.7 Å². The van der Waals surface area contributed by atoms with Crippen LogP contribution in [0.4, 0.5) is 5.69 Å². The summed E-state index contributed by atoms with van der Waals surface area (Å²) in [5.41, 5.74) is 7.13. The van der Waals surface area contributed by atoms with Crippen LogP contribution < -0.4 is 10.6 Å². The van der Waals surface area contributed by atoms with Gasteiger partial charge in [0.05, 0.1) is 16.7 Å². The van der Waals surface area contributed by atoms with Crippen molar-refractivity contribution in [1.82, 2.24) is 0 Å². The Morgan fingerprint density at radius 3 is 2.94 bits per heavy atom. The minimum absolute atomic E-state index is 0.00599. The highest BCUT2D eigenvalue weighted by Crippen LogP contribution is 2.30. The van der Waals surface area contributed by atoms with Crippen LogP contribution in [0.5, 0.6) is 0 Å². The van der Waals surface area contributed by atoms with E-state index in [2.05, 4.69) is 4.90 Å². The molecule has 0 spiro atoms. The summed E-state index contributed by atoms with van der Waals surface area (Å²) in [5, 5.41) is 8.14. The standard InChI is InChI=1S/C12H16ClN3O/c1-17-8-5-6-16(7-8)10-4-2-3-9(13)11(10)12(14)15/h2-4,8H,5-7H2,1H3,(H3,14,15). The summed E-state index contributed by atoms with van der Waals surface area (Å²) >= 11 is 6.09. The first-order valence-electron chi connectivity index (χ1n) is 5.54. The van der Waals surface area contributed by atoms with E-state index in [1.165, 1.54) is 0 Å². The Balaban J connectivity index is 2.33. The number of benzene rings is 1. The Bertz CT molecular complexity index is 436. The summed E-state index contributed by atoms with van der Waals surface area (Å²) in [7, 11) is 1.72. The van der Waals surface area contributed by atoms with Crippen LogP contribution in [-0.4, -0.2) is 32.1 Å². The zero-order valence-electron chi connectivity index (χ0n) is 9.74. The van der Waals surface area contributed by atoms with Crippen LogP contribution in [0.3, 0.4) is 0 Å². The fourth-order valence-electron chi connectivity index (χ4n) is 2.18. The van der Waals surface area contributed by atoms with Crippen molar-refractivity contribution in [3.8, 4) is 0 Å². The number of rotatable bonds is 3. The summed E-state index contributed by atoms with van der Waals surface area (Å²) in [4.78, 5) is 2.16. The fraction of sp³-hybridized carbons (Fsp3) is 0.417. The number of hydrogen-bond acceptors (Lipinski definition) is 3. The van der Waals surface area contributed by atoms with Crippen molar-refractivity contribution in [2.24, 2.45) is 5.73 Å². The van der Waals surface area contributed by atoms with Crippen molar-refractivity contribution >= 4 is 23.1 Å². The van der Waals surface area contributed by atoms with Gasteiger partial charge in [-0.2, -0.15) is 0 Å². The van der Waals surface area contributed by atoms with Gasteiger partial charge < -0.3 is 15.4 Å². The molecule has 17 heavy (non-hydrogen) atoms. The maximum Gasteiger partial charge on any atom is 0.126 e. The zero-order valence-corrected chi connectivity index (χ0v) is 10.5. The maximum atomic E-state index is 7.61. The summed E-state index contributed by atoms with van der Waals surface area (Å²) in [6.07, 6.45) is 1.23. The normalized spacial score (nSPS) is 19.6. The predicted molar refractivity (Wildman–Crippen MR) is 70.1 cm³/mol. The Labute approximate surface area is 106 Å². The average molecular weight is 254 g/mol. The van der Waals surface area contributed by atoms with Crippen molar-refractivity contribution in [2.75, 3.05) is 25.1 Å². The molecule has 0 bridgehead atoms. The SMILES string of the molecule is COC1CCN(c2cccc(Cl)c2C(=N)N)C1. The number of hydrogen-bond donors (Lipinski definition) is 2. The molecule has 4 nitrogen and oxygen atoms in total. The van der Waals surface area contributed by atoms with Gasteiger partial charge in [0.15, 0.2) is 0 Å². The number of nitrogens with one attached hydrogen (secondary N) is 1. The van der Waals surface area contributed by atoms with E-state index < -0.39 is 0 Å². The molecule has 1 saturated heterocycles. The molecular formula is C12H16ClN3O. The molecule has 2 rings (SSSR count). The number of amidine groups is 1. The van der Waals surface area contributed by atoms with Crippen LogP contribution in [-0.2, 0) is 4.74 Å². The first kappa shape index (κ1) is 12.2. The van der Waals surface area contributed by atoms with Gasteiger partial charge in [0.1, 0.15) is 5.84 Å². The van der Waals surface area contributed by atoms with Gasteiger partial charge >= 0.3 is 0 Å². The van der Waals surface area contributed by atoms with E-state index in [-0.39, 0.29) is 11.9 Å². The molecule has 1 aromatic rings. The molecule has 1 heterocycles. The van der Waals surface area contributed by atoms with Gasteiger partial charge in [0.25, 0.3) is 0 Å². The van der Waals surface area contributed by atoms with Crippen molar-refractivity contribution < 1.29 is 4.74 Å². The van der Waals surface area contributed by atoms with E-state index in [1.54, 1.807) is 13.2 Å². The van der Waals surface area contributed by atoms with E-state index in [0.29, 0.717) is 10.6 Å². The van der Waals surface area contributed by atoms with Crippen LogP contribution in [0, 0.1) is 5.41 Å². The van der Waals surface area contributed by atoms with E-state index in [4.69, 9.17) is 27.5 Å². The van der Waals surface area contributed by atoms with Crippen LogP contribution in [0.1, 0.15) is 12.0 Å². The monoisotopic (exact) mass is 253 g/mol. The predicted octanol–water partition coefficient (Wildman–Crippen LogP) is 1.85. The first-order valence-corrected chi connectivity index (χ1v) is 5.92. The summed E-state index contributed by atoms with van der Waals surface area (Å²) in [6.45, 7) is 1.72. The number of nitrogens with two attached hydrogens (primary N) is 1. The maximum absolute atomic E-state index is 7.61. The molecule has 0 aromatic heterocycles. The lowest BCUT2D eigenvalue weighted by molar-refractivity contribution is 0.121. The first-order chi connectivity index (χ1) is 8.13. The lowest BCUT2D eigenvalue weighted by Crippen LogP contribution is -2.25. The number of nitrogens with zero attached hydrogens (tertiary/aromatic N) is 1. The molecule has 1 atom stereocenters. The molecular weight excluding hydrogens is 238 g/mol. The third kappa shape index (κ3) is 2.37. The highest BCUT2D eigenvalue weighted by atomic mass is 35.5. The number of nitrogen functional groups attached to an aromatic ring is 1. The summed E-state index contributed by atoms with van der Waals surface area (Å²) in [6, 6.07) is 5.58. The zero-order chi connectivity index (χ0) is 12.4. The minimum Gasteiger partial charge on any atom is -0.384 e. The van der Waals surface area contributed by atoms with Gasteiger partial charge in [-0.3, -0.25) is 5.41 Å². The largest absolute Gasteiger partial charge is 0.384 e. The van der Waals surface area contributed by atoms with Gasteiger partial charge in [-0.25, -0.2) is 0 Å². The van der Waals surface area contributed by atoms with Gasteiger partial charge in [-0.15, -0.1) is 0 Å². The van der Waals surface area contributed by atoms with Crippen molar-refractivity contribution in [3.63, 3.8) is 0 Å². The van der Waals surface area contributed by atoms with Crippen molar-refractivity contribution in [2.45, 2.75) is 12.5 Å². The summed E-state index contributed by atoms with van der Waals surface area (Å²) < 4.78 is 5.33.